The Bertz CT molecular complexity index is 474. The van der Waals surface area contributed by atoms with Crippen molar-refractivity contribution >= 4 is 0 Å². The quantitative estimate of drug-likeness (QED) is 0.645. The summed E-state index contributed by atoms with van der Waals surface area (Å²) in [5.41, 5.74) is 3.77. The van der Waals surface area contributed by atoms with Gasteiger partial charge in [0.25, 0.3) is 0 Å². The maximum absolute atomic E-state index is 9.92. The van der Waals surface area contributed by atoms with E-state index in [1.165, 1.54) is 32.1 Å². The largest absolute Gasteiger partial charge is 0.393 e. The van der Waals surface area contributed by atoms with Crippen LogP contribution in [0.1, 0.15) is 58.8 Å². The molecule has 0 aromatic carbocycles. The van der Waals surface area contributed by atoms with Crippen molar-refractivity contribution in [1.82, 2.24) is 0 Å². The lowest BCUT2D eigenvalue weighted by Gasteiger charge is -2.53. The normalized spacial score (nSPS) is 50.6. The molecule has 2 saturated carbocycles. The Balaban J connectivity index is 1.63. The van der Waals surface area contributed by atoms with E-state index in [1.807, 2.05) is 0 Å². The molecule has 4 aliphatic carbocycles. The Labute approximate surface area is 123 Å². The summed E-state index contributed by atoms with van der Waals surface area (Å²) in [6, 6.07) is 0. The molecule has 0 spiro atoms. The first-order valence-corrected chi connectivity index (χ1v) is 8.64. The highest BCUT2D eigenvalue weighted by molar-refractivity contribution is 5.26. The van der Waals surface area contributed by atoms with Crippen LogP contribution in [0, 0.1) is 29.1 Å². The molecule has 0 heterocycles. The number of hydrogen-bond donors (Lipinski definition) is 1. The second-order valence-corrected chi connectivity index (χ2v) is 8.07. The van der Waals surface area contributed by atoms with E-state index in [1.54, 1.807) is 11.1 Å². The van der Waals surface area contributed by atoms with Crippen LogP contribution >= 0.6 is 0 Å². The van der Waals surface area contributed by atoms with Crippen molar-refractivity contribution < 1.29 is 5.11 Å². The first kappa shape index (κ1) is 13.1. The Hall–Kier alpha value is -0.560. The van der Waals surface area contributed by atoms with Crippen molar-refractivity contribution in [2.24, 2.45) is 29.1 Å². The molecule has 4 unspecified atom stereocenters. The van der Waals surface area contributed by atoms with Crippen molar-refractivity contribution in [3.05, 3.63) is 23.3 Å². The lowest BCUT2D eigenvalue weighted by molar-refractivity contribution is 0.0106. The van der Waals surface area contributed by atoms with E-state index in [-0.39, 0.29) is 6.10 Å². The number of fused-ring (bicyclic) bond motifs is 5. The fourth-order valence-electron chi connectivity index (χ4n) is 6.03. The average Bonchev–Trinajstić information content (AvgIpc) is 2.74. The van der Waals surface area contributed by atoms with Gasteiger partial charge in [0.15, 0.2) is 0 Å². The minimum Gasteiger partial charge on any atom is -0.393 e. The van der Waals surface area contributed by atoms with Crippen LogP contribution in [0.25, 0.3) is 0 Å². The van der Waals surface area contributed by atoms with Crippen LogP contribution in [0.5, 0.6) is 0 Å². The molecule has 1 nitrogen and oxygen atoms in total. The van der Waals surface area contributed by atoms with Crippen LogP contribution in [-0.4, -0.2) is 11.2 Å². The van der Waals surface area contributed by atoms with Gasteiger partial charge in [0.2, 0.25) is 0 Å². The molecule has 20 heavy (non-hydrogen) atoms. The highest BCUT2D eigenvalue weighted by atomic mass is 16.3. The van der Waals surface area contributed by atoms with Crippen molar-refractivity contribution in [1.29, 1.82) is 0 Å². The van der Waals surface area contributed by atoms with E-state index < -0.39 is 0 Å². The molecular weight excluding hydrogens is 244 g/mol. The van der Waals surface area contributed by atoms with Crippen LogP contribution in [0.2, 0.25) is 0 Å². The third-order valence-corrected chi connectivity index (χ3v) is 7.39. The van der Waals surface area contributed by atoms with Crippen molar-refractivity contribution in [3.63, 3.8) is 0 Å². The van der Waals surface area contributed by atoms with Gasteiger partial charge >= 0.3 is 0 Å². The molecule has 0 aromatic rings. The fourth-order valence-corrected chi connectivity index (χ4v) is 6.03. The predicted octanol–water partition coefficient (Wildman–Crippen LogP) is 4.48. The third kappa shape index (κ3) is 1.71. The molecule has 0 saturated heterocycles. The Morgan fingerprint density at radius 1 is 1.10 bits per heavy atom. The number of aliphatic hydroxyl groups excluding tert-OH is 1. The molecule has 0 radical (unpaired) electrons. The molecule has 2 fully saturated rings. The van der Waals surface area contributed by atoms with Gasteiger partial charge in [-0.1, -0.05) is 30.2 Å². The van der Waals surface area contributed by atoms with Gasteiger partial charge in [-0.3, -0.25) is 0 Å². The number of rotatable bonds is 0. The van der Waals surface area contributed by atoms with Gasteiger partial charge in [0.05, 0.1) is 6.10 Å². The summed E-state index contributed by atoms with van der Waals surface area (Å²) in [6.07, 6.45) is 13.6. The monoisotopic (exact) mass is 272 g/mol. The zero-order valence-electron chi connectivity index (χ0n) is 12.9. The highest BCUT2D eigenvalue weighted by Crippen LogP contribution is 2.61. The maximum Gasteiger partial charge on any atom is 0.0577 e. The minimum atomic E-state index is -0.0571. The van der Waals surface area contributed by atoms with E-state index in [2.05, 4.69) is 26.0 Å². The molecule has 4 rings (SSSR count). The van der Waals surface area contributed by atoms with Gasteiger partial charge in [0.1, 0.15) is 0 Å². The van der Waals surface area contributed by atoms with E-state index >= 15 is 0 Å². The third-order valence-electron chi connectivity index (χ3n) is 7.39. The van der Waals surface area contributed by atoms with Crippen LogP contribution in [0.4, 0.5) is 0 Å². The van der Waals surface area contributed by atoms with E-state index in [0.717, 1.165) is 36.5 Å². The Kier molecular flexibility index (Phi) is 2.93. The molecule has 1 heteroatoms. The molecule has 0 aliphatic heterocycles. The molecule has 0 aromatic heterocycles. The number of allylic oxidation sites excluding steroid dienone is 3. The van der Waals surface area contributed by atoms with Crippen LogP contribution in [0.15, 0.2) is 23.3 Å². The highest BCUT2D eigenvalue weighted by Gasteiger charge is 2.52. The second kappa shape index (κ2) is 4.47. The summed E-state index contributed by atoms with van der Waals surface area (Å²) in [5, 5.41) is 9.92. The van der Waals surface area contributed by atoms with Gasteiger partial charge < -0.3 is 5.11 Å². The Morgan fingerprint density at radius 3 is 2.80 bits per heavy atom. The molecular formula is C19H28O. The van der Waals surface area contributed by atoms with E-state index in [0.29, 0.717) is 5.41 Å². The van der Waals surface area contributed by atoms with E-state index in [4.69, 9.17) is 0 Å². The molecule has 0 bridgehead atoms. The first-order chi connectivity index (χ1) is 9.59. The topological polar surface area (TPSA) is 20.2 Å². The van der Waals surface area contributed by atoms with Gasteiger partial charge in [-0.15, -0.1) is 0 Å². The summed E-state index contributed by atoms with van der Waals surface area (Å²) in [6.45, 7) is 4.89. The molecule has 4 aliphatic rings. The summed E-state index contributed by atoms with van der Waals surface area (Å²) < 4.78 is 0. The minimum absolute atomic E-state index is 0.0571. The lowest BCUT2D eigenvalue weighted by atomic mass is 9.52. The molecule has 0 amide bonds. The maximum atomic E-state index is 9.92. The fraction of sp³-hybridized carbons (Fsp3) is 0.789. The number of hydrogen-bond acceptors (Lipinski definition) is 1. The first-order valence-electron chi connectivity index (χ1n) is 8.64. The van der Waals surface area contributed by atoms with Gasteiger partial charge in [0, 0.05) is 0 Å². The second-order valence-electron chi connectivity index (χ2n) is 8.07. The zero-order chi connectivity index (χ0) is 13.9. The van der Waals surface area contributed by atoms with E-state index in [9.17, 15) is 5.11 Å². The van der Waals surface area contributed by atoms with Crippen molar-refractivity contribution in [2.75, 3.05) is 0 Å². The van der Waals surface area contributed by atoms with Gasteiger partial charge in [-0.2, -0.15) is 0 Å². The zero-order valence-corrected chi connectivity index (χ0v) is 12.9. The summed E-state index contributed by atoms with van der Waals surface area (Å²) in [7, 11) is 0. The SMILES string of the molecule is CC1=CCC2C3CC=C4C[C@@H](O)CCC4C3CC[C@]12C. The standard InChI is InChI=1S/C19H28O/c1-12-3-8-18-17-6-4-13-11-14(20)5-7-15(13)16(17)9-10-19(12,18)2/h3-4,14-18,20H,5-11H2,1-2H3/t14-,15?,16?,17?,18?,19+/m0/s1. The lowest BCUT2D eigenvalue weighted by Crippen LogP contribution is -2.45. The van der Waals surface area contributed by atoms with Crippen molar-refractivity contribution in [2.45, 2.75) is 64.9 Å². The summed E-state index contributed by atoms with van der Waals surface area (Å²) >= 11 is 0. The molecule has 6 atom stereocenters. The van der Waals surface area contributed by atoms with Crippen LogP contribution in [-0.2, 0) is 0 Å². The van der Waals surface area contributed by atoms with Gasteiger partial charge in [-0.25, -0.2) is 0 Å². The average molecular weight is 272 g/mol. The van der Waals surface area contributed by atoms with Gasteiger partial charge in [-0.05, 0) is 81.0 Å². The number of aliphatic hydroxyl groups is 1. The predicted molar refractivity (Wildman–Crippen MR) is 82.2 cm³/mol. The van der Waals surface area contributed by atoms with Crippen LogP contribution in [0.3, 0.4) is 0 Å². The Morgan fingerprint density at radius 2 is 1.95 bits per heavy atom. The summed E-state index contributed by atoms with van der Waals surface area (Å²) in [5.74, 6) is 3.53. The summed E-state index contributed by atoms with van der Waals surface area (Å²) in [4.78, 5) is 0. The smallest absolute Gasteiger partial charge is 0.0577 e. The van der Waals surface area contributed by atoms with Crippen LogP contribution < -0.4 is 0 Å². The molecule has 1 N–H and O–H groups in total. The van der Waals surface area contributed by atoms with Crippen molar-refractivity contribution in [3.8, 4) is 0 Å². The molecule has 110 valence electrons.